The molecule has 2 aromatic rings. The molecule has 0 saturated carbocycles. The predicted octanol–water partition coefficient (Wildman–Crippen LogP) is 2.12. The highest BCUT2D eigenvalue weighted by molar-refractivity contribution is 5.98. The molecule has 3 rings (SSSR count). The number of pyridine rings is 1. The average molecular weight is 351 g/mol. The summed E-state index contributed by atoms with van der Waals surface area (Å²) >= 11 is 0. The third kappa shape index (κ3) is 4.59. The minimum atomic E-state index is 0.0561. The van der Waals surface area contributed by atoms with E-state index in [9.17, 15) is 4.79 Å². The zero-order chi connectivity index (χ0) is 18.2. The molecule has 0 bridgehead atoms. The van der Waals surface area contributed by atoms with E-state index >= 15 is 0 Å². The first kappa shape index (κ1) is 17.9. The molecule has 6 heteroatoms. The molecule has 2 N–H and O–H groups in total. The molecule has 1 aromatic carbocycles. The summed E-state index contributed by atoms with van der Waals surface area (Å²) in [7, 11) is 0. The van der Waals surface area contributed by atoms with Crippen LogP contribution in [-0.2, 0) is 17.8 Å². The minimum absolute atomic E-state index is 0.0561. The van der Waals surface area contributed by atoms with E-state index in [-0.39, 0.29) is 12.5 Å². The number of carbonyl (C=O) groups excluding carboxylic acids is 1. The van der Waals surface area contributed by atoms with Gasteiger partial charge in [-0.3, -0.25) is 9.78 Å². The second kappa shape index (κ2) is 8.99. The van der Waals surface area contributed by atoms with Crippen LogP contribution in [0.4, 0.5) is 5.69 Å². The maximum Gasteiger partial charge on any atom is 0.246 e. The van der Waals surface area contributed by atoms with Gasteiger partial charge in [-0.1, -0.05) is 24.3 Å². The number of guanidine groups is 1. The van der Waals surface area contributed by atoms with Crippen molar-refractivity contribution in [3.63, 3.8) is 0 Å². The normalized spacial score (nSPS) is 13.9. The maximum absolute atomic E-state index is 12.7. The highest BCUT2D eigenvalue weighted by atomic mass is 16.2. The molecule has 1 aromatic heterocycles. The molecule has 0 saturated heterocycles. The largest absolute Gasteiger partial charge is 0.357 e. The summed E-state index contributed by atoms with van der Waals surface area (Å²) in [6.45, 7) is 4.17. The lowest BCUT2D eigenvalue weighted by atomic mass is 10.0. The number of aromatic nitrogens is 1. The van der Waals surface area contributed by atoms with E-state index in [0.29, 0.717) is 12.5 Å². The Labute approximate surface area is 154 Å². The number of fused-ring (bicyclic) bond motifs is 1. The highest BCUT2D eigenvalue weighted by Gasteiger charge is 2.21. The summed E-state index contributed by atoms with van der Waals surface area (Å²) in [5.41, 5.74) is 3.16. The zero-order valence-corrected chi connectivity index (χ0v) is 15.1. The van der Waals surface area contributed by atoms with Crippen molar-refractivity contribution in [1.82, 2.24) is 15.6 Å². The van der Waals surface area contributed by atoms with Crippen molar-refractivity contribution in [3.05, 3.63) is 59.9 Å². The van der Waals surface area contributed by atoms with Gasteiger partial charge in [0.25, 0.3) is 0 Å². The van der Waals surface area contributed by atoms with Crippen LogP contribution in [0.3, 0.4) is 0 Å². The minimum Gasteiger partial charge on any atom is -0.357 e. The van der Waals surface area contributed by atoms with Crippen molar-refractivity contribution in [1.29, 1.82) is 0 Å². The number of aliphatic imine (C=N–C) groups is 1. The van der Waals surface area contributed by atoms with Gasteiger partial charge >= 0.3 is 0 Å². The van der Waals surface area contributed by atoms with Crippen LogP contribution in [0.2, 0.25) is 0 Å². The van der Waals surface area contributed by atoms with Gasteiger partial charge in [-0.25, -0.2) is 4.99 Å². The first-order valence-corrected chi connectivity index (χ1v) is 9.08. The van der Waals surface area contributed by atoms with Crippen LogP contribution in [0.5, 0.6) is 0 Å². The number of benzene rings is 1. The molecule has 0 fully saturated rings. The molecule has 1 amide bonds. The molecule has 0 radical (unpaired) electrons. The maximum atomic E-state index is 12.7. The van der Waals surface area contributed by atoms with Crippen LogP contribution in [-0.4, -0.2) is 36.5 Å². The van der Waals surface area contributed by atoms with E-state index in [4.69, 9.17) is 0 Å². The summed E-state index contributed by atoms with van der Waals surface area (Å²) in [4.78, 5) is 23.4. The first-order valence-electron chi connectivity index (χ1n) is 9.08. The summed E-state index contributed by atoms with van der Waals surface area (Å²) in [6, 6.07) is 13.9. The monoisotopic (exact) mass is 351 g/mol. The van der Waals surface area contributed by atoms with Crippen LogP contribution in [0.25, 0.3) is 0 Å². The number of para-hydroxylation sites is 1. The Hall–Kier alpha value is -2.89. The fourth-order valence-corrected chi connectivity index (χ4v) is 3.04. The molecule has 26 heavy (non-hydrogen) atoms. The quantitative estimate of drug-likeness (QED) is 0.639. The Kier molecular flexibility index (Phi) is 6.19. The highest BCUT2D eigenvalue weighted by Crippen LogP contribution is 2.26. The molecule has 0 atom stereocenters. The van der Waals surface area contributed by atoms with Crippen molar-refractivity contribution in [2.24, 2.45) is 4.99 Å². The Bertz CT molecular complexity index is 760. The number of amides is 1. The van der Waals surface area contributed by atoms with Crippen molar-refractivity contribution in [3.8, 4) is 0 Å². The van der Waals surface area contributed by atoms with E-state index in [1.54, 1.807) is 6.20 Å². The molecule has 0 unspecified atom stereocenters. The number of carbonyl (C=O) groups is 1. The van der Waals surface area contributed by atoms with Gasteiger partial charge in [0.05, 0.1) is 18.8 Å². The van der Waals surface area contributed by atoms with E-state index in [1.165, 1.54) is 5.56 Å². The Balaban J connectivity index is 1.61. The van der Waals surface area contributed by atoms with Gasteiger partial charge < -0.3 is 15.5 Å². The standard InChI is InChI=1S/C20H25N5O/c1-2-21-20(23-14-17-10-5-6-12-22-17)24-15-19(26)25-13-7-9-16-8-3-4-11-18(16)25/h3-6,8,10-12H,2,7,9,13-15H2,1H3,(H2,21,23,24). The van der Waals surface area contributed by atoms with Gasteiger partial charge in [-0.2, -0.15) is 0 Å². The smallest absolute Gasteiger partial charge is 0.246 e. The average Bonchev–Trinajstić information content (AvgIpc) is 2.70. The molecule has 0 aliphatic carbocycles. The van der Waals surface area contributed by atoms with Gasteiger partial charge in [0.1, 0.15) is 0 Å². The number of aryl methyl sites for hydroxylation is 1. The van der Waals surface area contributed by atoms with Gasteiger partial charge in [0.15, 0.2) is 5.96 Å². The third-order valence-electron chi connectivity index (χ3n) is 4.29. The Morgan fingerprint density at radius 3 is 2.85 bits per heavy atom. The van der Waals surface area contributed by atoms with Crippen molar-refractivity contribution in [2.75, 3.05) is 24.5 Å². The Morgan fingerprint density at radius 2 is 2.04 bits per heavy atom. The van der Waals surface area contributed by atoms with Crippen molar-refractivity contribution < 1.29 is 4.79 Å². The topological polar surface area (TPSA) is 69.6 Å². The number of anilines is 1. The number of nitrogens with one attached hydrogen (secondary N) is 2. The number of rotatable bonds is 5. The molecule has 1 aliphatic heterocycles. The lowest BCUT2D eigenvalue weighted by Gasteiger charge is -2.29. The molecular formula is C20H25N5O. The molecular weight excluding hydrogens is 326 g/mol. The fraction of sp³-hybridized carbons (Fsp3) is 0.350. The second-order valence-electron chi connectivity index (χ2n) is 6.15. The second-order valence-corrected chi connectivity index (χ2v) is 6.15. The lowest BCUT2D eigenvalue weighted by molar-refractivity contribution is -0.117. The Morgan fingerprint density at radius 1 is 1.19 bits per heavy atom. The van der Waals surface area contributed by atoms with Crippen LogP contribution in [0.15, 0.2) is 53.7 Å². The number of nitrogens with zero attached hydrogens (tertiary/aromatic N) is 3. The lowest BCUT2D eigenvalue weighted by Crippen LogP contribution is -2.46. The van der Waals surface area contributed by atoms with E-state index < -0.39 is 0 Å². The van der Waals surface area contributed by atoms with Gasteiger partial charge in [-0.15, -0.1) is 0 Å². The summed E-state index contributed by atoms with van der Waals surface area (Å²) in [6.07, 6.45) is 3.78. The van der Waals surface area contributed by atoms with Crippen LogP contribution < -0.4 is 15.5 Å². The van der Waals surface area contributed by atoms with Crippen LogP contribution in [0.1, 0.15) is 24.6 Å². The summed E-state index contributed by atoms with van der Waals surface area (Å²) in [5, 5.41) is 6.31. The molecule has 2 heterocycles. The molecule has 136 valence electrons. The zero-order valence-electron chi connectivity index (χ0n) is 15.1. The number of hydrogen-bond acceptors (Lipinski definition) is 3. The van der Waals surface area contributed by atoms with Gasteiger partial charge in [-0.05, 0) is 43.5 Å². The van der Waals surface area contributed by atoms with E-state index in [0.717, 1.165) is 37.3 Å². The predicted molar refractivity (Wildman–Crippen MR) is 104 cm³/mol. The van der Waals surface area contributed by atoms with Crippen molar-refractivity contribution >= 4 is 17.6 Å². The SMILES string of the molecule is CCNC(=NCc1ccccn1)NCC(=O)N1CCCc2ccccc21. The molecule has 6 nitrogen and oxygen atoms in total. The fourth-order valence-electron chi connectivity index (χ4n) is 3.04. The van der Waals surface area contributed by atoms with E-state index in [1.807, 2.05) is 48.2 Å². The van der Waals surface area contributed by atoms with Crippen molar-refractivity contribution in [2.45, 2.75) is 26.3 Å². The third-order valence-corrected chi connectivity index (χ3v) is 4.29. The summed E-state index contributed by atoms with van der Waals surface area (Å²) < 4.78 is 0. The van der Waals surface area contributed by atoms with Gasteiger partial charge in [0.2, 0.25) is 5.91 Å². The van der Waals surface area contributed by atoms with E-state index in [2.05, 4.69) is 26.7 Å². The van der Waals surface area contributed by atoms with Crippen LogP contribution in [0, 0.1) is 0 Å². The van der Waals surface area contributed by atoms with Crippen LogP contribution >= 0.6 is 0 Å². The molecule has 0 spiro atoms. The molecule has 1 aliphatic rings. The first-order chi connectivity index (χ1) is 12.8. The summed E-state index contributed by atoms with van der Waals surface area (Å²) in [5.74, 6) is 0.678. The number of hydrogen-bond donors (Lipinski definition) is 2. The van der Waals surface area contributed by atoms with Gasteiger partial charge in [0, 0.05) is 25.0 Å².